The lowest BCUT2D eigenvalue weighted by molar-refractivity contribution is -0.389. The van der Waals surface area contributed by atoms with E-state index in [2.05, 4.69) is 0 Å². The van der Waals surface area contributed by atoms with Crippen molar-refractivity contribution in [2.24, 2.45) is 35.5 Å². The Bertz CT molecular complexity index is 634. The van der Waals surface area contributed by atoms with E-state index in [0.29, 0.717) is 0 Å². The molecule has 0 amide bonds. The van der Waals surface area contributed by atoms with Gasteiger partial charge >= 0.3 is 24.7 Å². The van der Waals surface area contributed by atoms with Crippen LogP contribution in [0.3, 0.4) is 0 Å². The SMILES string of the molecule is OC(C1CCC2C(CC3CC(C(O)(C(F)(F)F)C(F)(F)F)CCC32)C1)(C(F)(F)F)C(F)(F)F. The van der Waals surface area contributed by atoms with Crippen molar-refractivity contribution in [3.8, 4) is 0 Å². The summed E-state index contributed by atoms with van der Waals surface area (Å²) >= 11 is 0. The molecule has 6 atom stereocenters. The van der Waals surface area contributed by atoms with Gasteiger partial charge in [0, 0.05) is 11.8 Å². The Morgan fingerprint density at radius 3 is 0.939 bits per heavy atom. The predicted octanol–water partition coefficient (Wildman–Crippen LogP) is 6.17. The van der Waals surface area contributed by atoms with Crippen molar-refractivity contribution in [1.82, 2.24) is 0 Å². The van der Waals surface area contributed by atoms with Gasteiger partial charge in [-0.2, -0.15) is 52.7 Å². The summed E-state index contributed by atoms with van der Waals surface area (Å²) in [6.45, 7) is 0. The minimum Gasteiger partial charge on any atom is -0.373 e. The fraction of sp³-hybridized carbons (Fsp3) is 1.00. The number of hydrogen-bond donors (Lipinski definition) is 2. The molecule has 3 aliphatic rings. The van der Waals surface area contributed by atoms with Crippen molar-refractivity contribution in [2.45, 2.75) is 80.9 Å². The zero-order valence-electron chi connectivity index (χ0n) is 16.8. The summed E-state index contributed by atoms with van der Waals surface area (Å²) in [7, 11) is 0. The number of rotatable bonds is 2. The molecular formula is C19H22F12O2. The Kier molecular flexibility index (Phi) is 6.30. The molecule has 0 aromatic carbocycles. The maximum Gasteiger partial charge on any atom is 0.426 e. The van der Waals surface area contributed by atoms with Crippen LogP contribution in [0.4, 0.5) is 52.7 Å². The number of aliphatic hydroxyl groups is 2. The summed E-state index contributed by atoms with van der Waals surface area (Å²) in [5.41, 5.74) is -9.90. The van der Waals surface area contributed by atoms with Gasteiger partial charge in [-0.3, -0.25) is 0 Å². The summed E-state index contributed by atoms with van der Waals surface area (Å²) in [5.74, 6) is -6.98. The zero-order valence-corrected chi connectivity index (χ0v) is 16.8. The standard InChI is InChI=1S/C19H22F12O2/c20-16(21,22)14(32,17(23,24)25)10-1-3-12-8(6-10)5-9-7-11(2-4-13(9)12)15(33,18(26,27)28)19(29,30)31/h8-13,32-33H,1-7H2. The molecule has 3 saturated carbocycles. The Morgan fingerprint density at radius 1 is 0.424 bits per heavy atom. The van der Waals surface area contributed by atoms with Gasteiger partial charge < -0.3 is 10.2 Å². The second-order valence-electron chi connectivity index (χ2n) is 9.63. The third-order valence-corrected chi connectivity index (χ3v) is 8.15. The van der Waals surface area contributed by atoms with Crippen LogP contribution in [-0.4, -0.2) is 46.1 Å². The van der Waals surface area contributed by atoms with Crippen molar-refractivity contribution in [1.29, 1.82) is 0 Å². The second kappa shape index (κ2) is 7.79. The number of alkyl halides is 12. The van der Waals surface area contributed by atoms with Crippen molar-refractivity contribution in [2.75, 3.05) is 0 Å². The molecule has 0 aromatic rings. The third kappa shape index (κ3) is 4.00. The molecule has 0 saturated heterocycles. The van der Waals surface area contributed by atoms with Gasteiger partial charge in [0.05, 0.1) is 0 Å². The lowest BCUT2D eigenvalue weighted by Crippen LogP contribution is -2.62. The van der Waals surface area contributed by atoms with Crippen molar-refractivity contribution >= 4 is 0 Å². The molecule has 0 bridgehead atoms. The highest BCUT2D eigenvalue weighted by Gasteiger charge is 2.76. The van der Waals surface area contributed by atoms with E-state index < -0.39 is 97.1 Å². The molecule has 6 unspecified atom stereocenters. The first-order chi connectivity index (χ1) is 14.7. The van der Waals surface area contributed by atoms with Crippen LogP contribution in [0.25, 0.3) is 0 Å². The summed E-state index contributed by atoms with van der Waals surface area (Å²) < 4.78 is 159. The molecule has 0 spiro atoms. The predicted molar refractivity (Wildman–Crippen MR) is 87.4 cm³/mol. The molecule has 0 aromatic heterocycles. The first kappa shape index (κ1) is 26.7. The van der Waals surface area contributed by atoms with Crippen LogP contribution in [0.5, 0.6) is 0 Å². The molecule has 0 radical (unpaired) electrons. The number of fused-ring (bicyclic) bond motifs is 3. The van der Waals surface area contributed by atoms with E-state index in [0.717, 1.165) is 0 Å². The van der Waals surface area contributed by atoms with E-state index in [4.69, 9.17) is 0 Å². The molecular weight excluding hydrogens is 488 g/mol. The fourth-order valence-corrected chi connectivity index (χ4v) is 6.64. The van der Waals surface area contributed by atoms with Gasteiger partial charge in [-0.15, -0.1) is 0 Å². The van der Waals surface area contributed by atoms with Gasteiger partial charge in [-0.25, -0.2) is 0 Å². The molecule has 2 N–H and O–H groups in total. The van der Waals surface area contributed by atoms with Gasteiger partial charge in [0.25, 0.3) is 11.2 Å². The fourth-order valence-electron chi connectivity index (χ4n) is 6.64. The van der Waals surface area contributed by atoms with Crippen LogP contribution in [0.1, 0.15) is 44.9 Å². The molecule has 0 aliphatic heterocycles. The van der Waals surface area contributed by atoms with E-state index in [9.17, 15) is 62.9 Å². The van der Waals surface area contributed by atoms with Gasteiger partial charge in [-0.05, 0) is 68.6 Å². The Balaban J connectivity index is 1.81. The normalized spacial score (nSPS) is 34.7. The maximum atomic E-state index is 13.2. The molecule has 0 heterocycles. The average molecular weight is 510 g/mol. The lowest BCUT2D eigenvalue weighted by atomic mass is 9.64. The van der Waals surface area contributed by atoms with Crippen molar-refractivity contribution < 1.29 is 62.9 Å². The lowest BCUT2D eigenvalue weighted by Gasteiger charge is -2.45. The summed E-state index contributed by atoms with van der Waals surface area (Å²) in [6.07, 6.45) is -27.1. The smallest absolute Gasteiger partial charge is 0.373 e. The maximum absolute atomic E-state index is 13.2. The van der Waals surface area contributed by atoms with Gasteiger partial charge in [0.2, 0.25) is 0 Å². The molecule has 14 heteroatoms. The highest BCUT2D eigenvalue weighted by atomic mass is 19.4. The highest BCUT2D eigenvalue weighted by molar-refractivity contribution is 5.08. The Morgan fingerprint density at radius 2 is 0.697 bits per heavy atom. The van der Waals surface area contributed by atoms with Gasteiger partial charge in [0.15, 0.2) is 0 Å². The van der Waals surface area contributed by atoms with Gasteiger partial charge in [0.1, 0.15) is 0 Å². The second-order valence-corrected chi connectivity index (χ2v) is 9.63. The molecule has 3 fully saturated rings. The number of hydrogen-bond acceptors (Lipinski definition) is 2. The van der Waals surface area contributed by atoms with E-state index >= 15 is 0 Å². The van der Waals surface area contributed by atoms with E-state index in [1.807, 2.05) is 0 Å². The summed E-state index contributed by atoms with van der Waals surface area (Å²) in [5, 5.41) is 19.4. The highest BCUT2D eigenvalue weighted by Crippen LogP contribution is 2.62. The molecule has 3 aliphatic carbocycles. The quantitative estimate of drug-likeness (QED) is 0.437. The summed E-state index contributed by atoms with van der Waals surface area (Å²) in [6, 6.07) is 0. The molecule has 194 valence electrons. The largest absolute Gasteiger partial charge is 0.426 e. The Hall–Kier alpha value is -0.920. The van der Waals surface area contributed by atoms with Gasteiger partial charge in [-0.1, -0.05) is 0 Å². The summed E-state index contributed by atoms with van der Waals surface area (Å²) in [4.78, 5) is 0. The van der Waals surface area contributed by atoms with Crippen molar-refractivity contribution in [3.63, 3.8) is 0 Å². The van der Waals surface area contributed by atoms with Crippen molar-refractivity contribution in [3.05, 3.63) is 0 Å². The van der Waals surface area contributed by atoms with Crippen LogP contribution in [0.15, 0.2) is 0 Å². The van der Waals surface area contributed by atoms with E-state index in [-0.39, 0.29) is 19.3 Å². The van der Waals surface area contributed by atoms with Crippen LogP contribution >= 0.6 is 0 Å². The molecule has 3 rings (SSSR count). The van der Waals surface area contributed by atoms with E-state index in [1.54, 1.807) is 0 Å². The first-order valence-corrected chi connectivity index (χ1v) is 10.4. The number of halogens is 12. The topological polar surface area (TPSA) is 40.5 Å². The van der Waals surface area contributed by atoms with Crippen LogP contribution in [0, 0.1) is 35.5 Å². The minimum atomic E-state index is -6.00. The van der Waals surface area contributed by atoms with E-state index in [1.165, 1.54) is 0 Å². The first-order valence-electron chi connectivity index (χ1n) is 10.4. The van der Waals surface area contributed by atoms with Crippen LogP contribution in [0.2, 0.25) is 0 Å². The molecule has 33 heavy (non-hydrogen) atoms. The average Bonchev–Trinajstić information content (AvgIpc) is 2.99. The molecule has 2 nitrogen and oxygen atoms in total. The Labute approximate surface area is 180 Å². The van der Waals surface area contributed by atoms with Crippen LogP contribution < -0.4 is 0 Å². The zero-order chi connectivity index (χ0) is 25.4. The van der Waals surface area contributed by atoms with Crippen LogP contribution in [-0.2, 0) is 0 Å². The minimum absolute atomic E-state index is 0.153. The monoisotopic (exact) mass is 510 g/mol. The third-order valence-electron chi connectivity index (χ3n) is 8.15.